The average Bonchev–Trinajstić information content (AvgIpc) is 1.35. The zero-order valence-electron chi connectivity index (χ0n) is 5.21. The zero-order valence-corrected chi connectivity index (χ0v) is 9.17. The van der Waals surface area contributed by atoms with Gasteiger partial charge in [-0.3, -0.25) is 0 Å². The minimum atomic E-state index is -1.21. The summed E-state index contributed by atoms with van der Waals surface area (Å²) in [4.78, 5) is 0. The number of rotatable bonds is 0. The number of hydrogen-bond donors (Lipinski definition) is 0. The van der Waals surface area contributed by atoms with E-state index in [1.165, 1.54) is 0 Å². The molecule has 0 aromatic rings. The van der Waals surface area contributed by atoms with Crippen LogP contribution in [0.15, 0.2) is 0 Å². The molecule has 0 aromatic heterocycles. The summed E-state index contributed by atoms with van der Waals surface area (Å²) in [7, 11) is -1.21. The molecule has 7 heavy (non-hydrogen) atoms. The molecule has 0 atom stereocenters. The molecule has 0 spiro atoms. The van der Waals surface area contributed by atoms with Crippen LogP contribution in [-0.4, -0.2) is 8.07 Å². The maximum Gasteiger partial charge on any atom is 2.00 e. The van der Waals surface area contributed by atoms with Crippen molar-refractivity contribution in [3.8, 4) is 5.54 Å². The molecule has 0 N–H and O–H groups in total. The van der Waals surface area contributed by atoms with E-state index in [-0.39, 0.29) is 19.5 Å². The van der Waals surface area contributed by atoms with Crippen molar-refractivity contribution in [3.63, 3.8) is 0 Å². The molecule has 0 radical (unpaired) electrons. The summed E-state index contributed by atoms with van der Waals surface area (Å²) in [6.07, 6.45) is 6.67. The van der Waals surface area contributed by atoms with Gasteiger partial charge in [0.1, 0.15) is 0 Å². The van der Waals surface area contributed by atoms with Gasteiger partial charge in [0, 0.05) is 0 Å². The monoisotopic (exact) mass is 161 g/mol. The Morgan fingerprint density at radius 3 is 1.43 bits per heavy atom. The van der Waals surface area contributed by atoms with Crippen LogP contribution in [0.1, 0.15) is 0 Å². The van der Waals surface area contributed by atoms with Crippen molar-refractivity contribution in [1.82, 2.24) is 0 Å². The molecule has 0 saturated carbocycles. The summed E-state index contributed by atoms with van der Waals surface area (Å²) in [5.74, 6) is 0. The second-order valence-electron chi connectivity index (χ2n) is 2.38. The maximum atomic E-state index is 6.67. The van der Waals surface area contributed by atoms with Crippen LogP contribution >= 0.6 is 0 Å². The van der Waals surface area contributed by atoms with Crippen LogP contribution in [0.2, 0.25) is 19.6 Å². The second kappa shape index (κ2) is 3.41. The van der Waals surface area contributed by atoms with Gasteiger partial charge < -0.3 is 12.0 Å². The fraction of sp³-hybridized carbons (Fsp3) is 0.600. The molecule has 0 aromatic carbocycles. The molecular formula is C5H9SiZn+. The van der Waals surface area contributed by atoms with Crippen molar-refractivity contribution in [2.45, 2.75) is 19.6 Å². The molecule has 0 bridgehead atoms. The molecule has 0 unspecified atom stereocenters. The Labute approximate surface area is 59.5 Å². The van der Waals surface area contributed by atoms with Gasteiger partial charge in [-0.2, -0.15) is 0 Å². The van der Waals surface area contributed by atoms with Crippen molar-refractivity contribution in [2.75, 3.05) is 0 Å². The van der Waals surface area contributed by atoms with Crippen LogP contribution in [-0.2, 0) is 19.5 Å². The van der Waals surface area contributed by atoms with E-state index >= 15 is 0 Å². The Morgan fingerprint density at radius 1 is 1.29 bits per heavy atom. The van der Waals surface area contributed by atoms with E-state index in [1.807, 2.05) is 0 Å². The Hall–Kier alpha value is 0.400. The van der Waals surface area contributed by atoms with Crippen LogP contribution in [0.25, 0.3) is 0 Å². The first-order valence-electron chi connectivity index (χ1n) is 2.00. The molecule has 0 aliphatic rings. The Balaban J connectivity index is 0. The Bertz CT molecular complexity index is 75.1. The first-order chi connectivity index (χ1) is 2.56. The van der Waals surface area contributed by atoms with Gasteiger partial charge in [0.15, 0.2) is 0 Å². The topological polar surface area (TPSA) is 0 Å². The summed E-state index contributed by atoms with van der Waals surface area (Å²) in [5.41, 5.74) is 2.49. The Morgan fingerprint density at radius 2 is 1.43 bits per heavy atom. The van der Waals surface area contributed by atoms with E-state index in [2.05, 4.69) is 25.2 Å². The van der Waals surface area contributed by atoms with Crippen molar-refractivity contribution in [1.29, 1.82) is 0 Å². The smallest absolute Gasteiger partial charge is 0.701 e. The number of hydrogen-bond acceptors (Lipinski definition) is 0. The first kappa shape index (κ1) is 10.4. The summed E-state index contributed by atoms with van der Waals surface area (Å²) >= 11 is 0. The molecule has 0 amide bonds. The van der Waals surface area contributed by atoms with Crippen LogP contribution in [0.3, 0.4) is 0 Å². The van der Waals surface area contributed by atoms with Gasteiger partial charge in [-0.15, -0.1) is 0 Å². The minimum Gasteiger partial charge on any atom is -0.701 e. The predicted molar refractivity (Wildman–Crippen MR) is 30.5 cm³/mol. The van der Waals surface area contributed by atoms with E-state index in [0.717, 1.165) is 0 Å². The van der Waals surface area contributed by atoms with Gasteiger partial charge in [0.2, 0.25) is 0 Å². The fourth-order valence-corrected chi connectivity index (χ4v) is 0. The Kier molecular flexibility index (Phi) is 5.06. The van der Waals surface area contributed by atoms with E-state index in [9.17, 15) is 0 Å². The van der Waals surface area contributed by atoms with Crippen molar-refractivity contribution in [2.24, 2.45) is 0 Å². The fourth-order valence-electron chi connectivity index (χ4n) is 0. The molecule has 2 heteroatoms. The summed E-state index contributed by atoms with van der Waals surface area (Å²) in [6, 6.07) is 0. The van der Waals surface area contributed by atoms with Crippen LogP contribution in [0.5, 0.6) is 0 Å². The van der Waals surface area contributed by atoms with E-state index in [4.69, 9.17) is 6.42 Å². The minimum absolute atomic E-state index is 0. The van der Waals surface area contributed by atoms with Gasteiger partial charge >= 0.3 is 19.5 Å². The molecule has 0 aliphatic carbocycles. The van der Waals surface area contributed by atoms with E-state index < -0.39 is 8.07 Å². The third kappa shape index (κ3) is 10.7. The molecule has 0 heterocycles. The SMILES string of the molecule is [C-]#C[Si](C)(C)C.[Zn+2]. The molecule has 34 valence electrons. The third-order valence-electron chi connectivity index (χ3n) is 0.375. The van der Waals surface area contributed by atoms with Crippen molar-refractivity contribution >= 4 is 8.07 Å². The molecule has 0 saturated heterocycles. The third-order valence-corrected chi connectivity index (χ3v) is 1.12. The van der Waals surface area contributed by atoms with Gasteiger partial charge in [-0.25, -0.2) is 0 Å². The molecule has 0 rings (SSSR count). The summed E-state index contributed by atoms with van der Waals surface area (Å²) in [5, 5.41) is 0. The van der Waals surface area contributed by atoms with E-state index in [1.54, 1.807) is 0 Å². The largest absolute Gasteiger partial charge is 2.00 e. The molecular weight excluding hydrogens is 154 g/mol. The second-order valence-corrected chi connectivity index (χ2v) is 7.12. The van der Waals surface area contributed by atoms with Crippen molar-refractivity contribution in [3.05, 3.63) is 6.42 Å². The summed E-state index contributed by atoms with van der Waals surface area (Å²) in [6.45, 7) is 6.25. The van der Waals surface area contributed by atoms with Crippen LogP contribution in [0.4, 0.5) is 0 Å². The van der Waals surface area contributed by atoms with Crippen LogP contribution < -0.4 is 0 Å². The van der Waals surface area contributed by atoms with Gasteiger partial charge in [0.05, 0.1) is 8.07 Å². The quantitative estimate of drug-likeness (QED) is 0.287. The van der Waals surface area contributed by atoms with E-state index in [0.29, 0.717) is 0 Å². The van der Waals surface area contributed by atoms with Gasteiger partial charge in [-0.1, -0.05) is 19.6 Å². The standard InChI is InChI=1S/C5H9Si.Zn/c1-5-6(2,3)4;/h2-4H3;/q-1;+2. The normalized spacial score (nSPS) is 8.86. The van der Waals surface area contributed by atoms with Gasteiger partial charge in [0.25, 0.3) is 0 Å². The van der Waals surface area contributed by atoms with Gasteiger partial charge in [-0.05, 0) is 0 Å². The molecule has 0 fully saturated rings. The molecule has 0 nitrogen and oxygen atoms in total. The maximum absolute atomic E-state index is 6.67. The zero-order chi connectivity index (χ0) is 5.21. The van der Waals surface area contributed by atoms with Crippen molar-refractivity contribution < 1.29 is 19.5 Å². The first-order valence-corrected chi connectivity index (χ1v) is 5.50. The predicted octanol–water partition coefficient (Wildman–Crippen LogP) is 1.45. The average molecular weight is 163 g/mol. The molecule has 0 aliphatic heterocycles. The van der Waals surface area contributed by atoms with Crippen LogP contribution in [0, 0.1) is 12.0 Å². The summed E-state index contributed by atoms with van der Waals surface area (Å²) < 4.78 is 0.